The van der Waals surface area contributed by atoms with Gasteiger partial charge in [0, 0.05) is 16.3 Å². The summed E-state index contributed by atoms with van der Waals surface area (Å²) >= 11 is 1.30. The molecule has 2 rings (SSSR count). The Kier molecular flexibility index (Phi) is 3.64. The van der Waals surface area contributed by atoms with Crippen molar-refractivity contribution in [3.05, 3.63) is 59.7 Å². The molecular formula is C13H11F2NS. The Bertz CT molecular complexity index is 529. The molecule has 2 N–H and O–H groups in total. The van der Waals surface area contributed by atoms with E-state index in [1.807, 2.05) is 0 Å². The molecule has 0 saturated heterocycles. The van der Waals surface area contributed by atoms with Gasteiger partial charge in [0.05, 0.1) is 0 Å². The first-order valence-corrected chi connectivity index (χ1v) is 6.06. The van der Waals surface area contributed by atoms with E-state index in [0.29, 0.717) is 21.9 Å². The molecule has 2 aromatic rings. The minimum atomic E-state index is -0.330. The third kappa shape index (κ3) is 2.97. The van der Waals surface area contributed by atoms with Crippen molar-refractivity contribution >= 4 is 17.4 Å². The van der Waals surface area contributed by atoms with Crippen LogP contribution in [0.4, 0.5) is 14.5 Å². The van der Waals surface area contributed by atoms with Crippen LogP contribution in [0.15, 0.2) is 47.4 Å². The average Bonchev–Trinajstić information content (AvgIpc) is 2.32. The fourth-order valence-corrected chi connectivity index (χ4v) is 2.36. The van der Waals surface area contributed by atoms with E-state index in [1.54, 1.807) is 18.2 Å². The largest absolute Gasteiger partial charge is 0.398 e. The van der Waals surface area contributed by atoms with Crippen LogP contribution in [0.25, 0.3) is 0 Å². The van der Waals surface area contributed by atoms with Crippen molar-refractivity contribution in [3.8, 4) is 0 Å². The summed E-state index contributed by atoms with van der Waals surface area (Å²) in [4.78, 5) is 0.538. The summed E-state index contributed by atoms with van der Waals surface area (Å²) in [7, 11) is 0. The van der Waals surface area contributed by atoms with Crippen LogP contribution in [-0.2, 0) is 5.75 Å². The van der Waals surface area contributed by atoms with E-state index in [1.165, 1.54) is 36.0 Å². The lowest BCUT2D eigenvalue weighted by molar-refractivity contribution is 0.602. The van der Waals surface area contributed by atoms with Crippen LogP contribution < -0.4 is 5.73 Å². The standard InChI is InChI=1S/C13H11F2NS/c14-10-5-6-12(16)9(7-10)8-17-13-4-2-1-3-11(13)15/h1-7H,8,16H2. The fourth-order valence-electron chi connectivity index (χ4n) is 1.42. The molecule has 0 atom stereocenters. The van der Waals surface area contributed by atoms with Gasteiger partial charge in [0.2, 0.25) is 0 Å². The van der Waals surface area contributed by atoms with Gasteiger partial charge in [0.25, 0.3) is 0 Å². The van der Waals surface area contributed by atoms with Gasteiger partial charge in [-0.05, 0) is 35.9 Å². The van der Waals surface area contributed by atoms with E-state index in [-0.39, 0.29) is 11.6 Å². The number of nitrogens with two attached hydrogens (primary N) is 1. The molecule has 2 aromatic carbocycles. The molecule has 0 fully saturated rings. The number of hydrogen-bond acceptors (Lipinski definition) is 2. The molecule has 0 aliphatic rings. The second kappa shape index (κ2) is 5.19. The van der Waals surface area contributed by atoms with Crippen molar-refractivity contribution in [3.63, 3.8) is 0 Å². The third-order valence-electron chi connectivity index (χ3n) is 2.32. The van der Waals surface area contributed by atoms with Gasteiger partial charge in [-0.15, -0.1) is 11.8 Å². The number of halogens is 2. The maximum Gasteiger partial charge on any atom is 0.136 e. The van der Waals surface area contributed by atoms with E-state index in [0.717, 1.165) is 0 Å². The second-order valence-electron chi connectivity index (χ2n) is 3.56. The van der Waals surface area contributed by atoms with Crippen molar-refractivity contribution in [2.24, 2.45) is 0 Å². The van der Waals surface area contributed by atoms with Crippen LogP contribution in [0, 0.1) is 11.6 Å². The first kappa shape index (κ1) is 11.9. The Morgan fingerprint density at radius 2 is 1.82 bits per heavy atom. The van der Waals surface area contributed by atoms with Gasteiger partial charge in [-0.3, -0.25) is 0 Å². The quantitative estimate of drug-likeness (QED) is 0.662. The molecule has 4 heteroatoms. The second-order valence-corrected chi connectivity index (χ2v) is 4.58. The molecule has 0 aliphatic carbocycles. The van der Waals surface area contributed by atoms with Gasteiger partial charge in [-0.1, -0.05) is 12.1 Å². The minimum absolute atomic E-state index is 0.271. The number of hydrogen-bond donors (Lipinski definition) is 1. The molecule has 0 aromatic heterocycles. The Morgan fingerprint density at radius 3 is 2.59 bits per heavy atom. The number of thioether (sulfide) groups is 1. The highest BCUT2D eigenvalue weighted by atomic mass is 32.2. The zero-order valence-corrected chi connectivity index (χ0v) is 9.81. The van der Waals surface area contributed by atoms with Gasteiger partial charge in [-0.2, -0.15) is 0 Å². The van der Waals surface area contributed by atoms with E-state index in [9.17, 15) is 8.78 Å². The lowest BCUT2D eigenvalue weighted by Gasteiger charge is -2.06. The van der Waals surface area contributed by atoms with Gasteiger partial charge >= 0.3 is 0 Å². The zero-order valence-electron chi connectivity index (χ0n) is 8.99. The number of anilines is 1. The number of benzene rings is 2. The summed E-state index contributed by atoms with van der Waals surface area (Å²) in [5.41, 5.74) is 6.92. The molecule has 0 amide bonds. The average molecular weight is 251 g/mol. The molecule has 0 saturated carbocycles. The SMILES string of the molecule is Nc1ccc(F)cc1CSc1ccccc1F. The van der Waals surface area contributed by atoms with Crippen molar-refractivity contribution < 1.29 is 8.78 Å². The van der Waals surface area contributed by atoms with Crippen molar-refractivity contribution in [1.29, 1.82) is 0 Å². The maximum absolute atomic E-state index is 13.3. The van der Waals surface area contributed by atoms with Crippen LogP contribution in [-0.4, -0.2) is 0 Å². The topological polar surface area (TPSA) is 26.0 Å². The molecule has 0 aliphatic heterocycles. The molecular weight excluding hydrogens is 240 g/mol. The smallest absolute Gasteiger partial charge is 0.136 e. The van der Waals surface area contributed by atoms with Crippen LogP contribution in [0.5, 0.6) is 0 Å². The predicted molar refractivity (Wildman–Crippen MR) is 66.8 cm³/mol. The van der Waals surface area contributed by atoms with Crippen molar-refractivity contribution in [2.45, 2.75) is 10.6 Å². The van der Waals surface area contributed by atoms with E-state index in [4.69, 9.17) is 5.73 Å². The summed E-state index contributed by atoms with van der Waals surface area (Å²) in [5, 5.41) is 0. The van der Waals surface area contributed by atoms with Crippen LogP contribution in [0.2, 0.25) is 0 Å². The summed E-state index contributed by atoms with van der Waals surface area (Å²) in [5.74, 6) is -0.152. The molecule has 0 spiro atoms. The normalized spacial score (nSPS) is 10.5. The lowest BCUT2D eigenvalue weighted by atomic mass is 10.2. The minimum Gasteiger partial charge on any atom is -0.398 e. The molecule has 1 nitrogen and oxygen atoms in total. The number of rotatable bonds is 3. The molecule has 0 heterocycles. The molecule has 17 heavy (non-hydrogen) atoms. The van der Waals surface area contributed by atoms with E-state index >= 15 is 0 Å². The van der Waals surface area contributed by atoms with Crippen LogP contribution in [0.3, 0.4) is 0 Å². The summed E-state index contributed by atoms with van der Waals surface area (Å²) in [6, 6.07) is 10.7. The summed E-state index contributed by atoms with van der Waals surface area (Å²) in [6.07, 6.45) is 0. The van der Waals surface area contributed by atoms with Crippen LogP contribution in [0.1, 0.15) is 5.56 Å². The fraction of sp³-hybridized carbons (Fsp3) is 0.0769. The Balaban J connectivity index is 2.12. The molecule has 0 bridgehead atoms. The monoisotopic (exact) mass is 251 g/mol. The lowest BCUT2D eigenvalue weighted by Crippen LogP contribution is -1.93. The van der Waals surface area contributed by atoms with Gasteiger partial charge < -0.3 is 5.73 Å². The Hall–Kier alpha value is -1.55. The van der Waals surface area contributed by atoms with Crippen molar-refractivity contribution in [1.82, 2.24) is 0 Å². The zero-order chi connectivity index (χ0) is 12.3. The van der Waals surface area contributed by atoms with E-state index < -0.39 is 0 Å². The highest BCUT2D eigenvalue weighted by molar-refractivity contribution is 7.98. The van der Waals surface area contributed by atoms with Crippen LogP contribution >= 0.6 is 11.8 Å². The highest BCUT2D eigenvalue weighted by Crippen LogP contribution is 2.27. The summed E-state index contributed by atoms with van der Waals surface area (Å²) in [6.45, 7) is 0. The molecule has 88 valence electrons. The first-order valence-electron chi connectivity index (χ1n) is 5.08. The Morgan fingerprint density at radius 1 is 1.06 bits per heavy atom. The molecule has 0 unspecified atom stereocenters. The first-order chi connectivity index (χ1) is 8.16. The van der Waals surface area contributed by atoms with E-state index in [2.05, 4.69) is 0 Å². The van der Waals surface area contributed by atoms with Gasteiger partial charge in [0.1, 0.15) is 11.6 Å². The number of nitrogen functional groups attached to an aromatic ring is 1. The Labute approximate surface area is 103 Å². The predicted octanol–water partition coefficient (Wildman–Crippen LogP) is 3.84. The van der Waals surface area contributed by atoms with Crippen molar-refractivity contribution in [2.75, 3.05) is 5.73 Å². The molecule has 0 radical (unpaired) electrons. The van der Waals surface area contributed by atoms with Gasteiger partial charge in [0.15, 0.2) is 0 Å². The maximum atomic E-state index is 13.3. The third-order valence-corrected chi connectivity index (χ3v) is 3.42. The van der Waals surface area contributed by atoms with Gasteiger partial charge in [-0.25, -0.2) is 8.78 Å². The highest BCUT2D eigenvalue weighted by Gasteiger charge is 2.05. The summed E-state index contributed by atoms with van der Waals surface area (Å²) < 4.78 is 26.4.